The number of amides is 1. The number of rotatable bonds is 3. The van der Waals surface area contributed by atoms with Crippen molar-refractivity contribution in [3.8, 4) is 0 Å². The highest BCUT2D eigenvalue weighted by molar-refractivity contribution is 5.95. The maximum Gasteiger partial charge on any atom is 0.265 e. The molecule has 0 atom stereocenters. The fourth-order valence-electron chi connectivity index (χ4n) is 1.19. The number of benzene rings is 1. The Balaban J connectivity index is 2.97. The summed E-state index contributed by atoms with van der Waals surface area (Å²) in [4.78, 5) is 11.2. The van der Waals surface area contributed by atoms with E-state index in [-0.39, 0.29) is 5.91 Å². The lowest BCUT2D eigenvalue weighted by molar-refractivity contribution is 0.0953. The molecule has 0 heterocycles. The van der Waals surface area contributed by atoms with Gasteiger partial charge in [-0.2, -0.15) is 0 Å². The molecule has 0 saturated heterocycles. The van der Waals surface area contributed by atoms with E-state index in [4.69, 9.17) is 11.6 Å². The molecule has 0 unspecified atom stereocenters. The SMILES string of the molecule is NCCc1ccccc1C(=O)NN. The molecule has 1 aromatic rings. The van der Waals surface area contributed by atoms with Crippen LogP contribution < -0.4 is 17.0 Å². The van der Waals surface area contributed by atoms with Crippen LogP contribution in [0, 0.1) is 0 Å². The van der Waals surface area contributed by atoms with E-state index in [9.17, 15) is 4.79 Å². The zero-order chi connectivity index (χ0) is 9.68. The first-order chi connectivity index (χ1) is 6.29. The smallest absolute Gasteiger partial charge is 0.265 e. The normalized spacial score (nSPS) is 9.69. The average molecular weight is 179 g/mol. The van der Waals surface area contributed by atoms with Crippen LogP contribution in [-0.2, 0) is 6.42 Å². The highest BCUT2D eigenvalue weighted by Crippen LogP contribution is 2.08. The predicted molar refractivity (Wildman–Crippen MR) is 50.9 cm³/mol. The van der Waals surface area contributed by atoms with Crippen LogP contribution in [-0.4, -0.2) is 12.5 Å². The van der Waals surface area contributed by atoms with Gasteiger partial charge < -0.3 is 5.73 Å². The molecule has 0 aliphatic carbocycles. The van der Waals surface area contributed by atoms with Crippen molar-refractivity contribution >= 4 is 5.91 Å². The minimum Gasteiger partial charge on any atom is -0.330 e. The molecule has 0 aliphatic rings. The highest BCUT2D eigenvalue weighted by atomic mass is 16.2. The average Bonchev–Trinajstić information content (AvgIpc) is 2.18. The Morgan fingerprint density at radius 2 is 2.08 bits per heavy atom. The second kappa shape index (κ2) is 4.59. The summed E-state index contributed by atoms with van der Waals surface area (Å²) in [6.07, 6.45) is 0.684. The lowest BCUT2D eigenvalue weighted by Gasteiger charge is -2.05. The molecule has 0 saturated carbocycles. The summed E-state index contributed by atoms with van der Waals surface area (Å²) in [7, 11) is 0. The van der Waals surface area contributed by atoms with Crippen LogP contribution in [0.25, 0.3) is 0 Å². The molecule has 0 bridgehead atoms. The van der Waals surface area contributed by atoms with Crippen molar-refractivity contribution in [3.63, 3.8) is 0 Å². The minimum absolute atomic E-state index is 0.274. The number of hydrogen-bond acceptors (Lipinski definition) is 3. The van der Waals surface area contributed by atoms with Crippen molar-refractivity contribution in [2.45, 2.75) is 6.42 Å². The molecule has 4 nitrogen and oxygen atoms in total. The molecule has 0 aliphatic heterocycles. The number of hydrazine groups is 1. The standard InChI is InChI=1S/C9H13N3O/c10-6-5-7-3-1-2-4-8(7)9(13)12-11/h1-4H,5-6,10-11H2,(H,12,13). The van der Waals surface area contributed by atoms with Crippen molar-refractivity contribution in [2.75, 3.05) is 6.54 Å². The molecule has 0 fully saturated rings. The number of nitrogens with two attached hydrogens (primary N) is 2. The molecule has 4 heteroatoms. The van der Waals surface area contributed by atoms with Crippen molar-refractivity contribution in [2.24, 2.45) is 11.6 Å². The van der Waals surface area contributed by atoms with Gasteiger partial charge in [0.25, 0.3) is 5.91 Å². The number of carbonyl (C=O) groups is 1. The van der Waals surface area contributed by atoms with Gasteiger partial charge in [0.1, 0.15) is 0 Å². The van der Waals surface area contributed by atoms with Gasteiger partial charge >= 0.3 is 0 Å². The molecule has 5 N–H and O–H groups in total. The van der Waals surface area contributed by atoms with Crippen LogP contribution in [0.15, 0.2) is 24.3 Å². The monoisotopic (exact) mass is 179 g/mol. The van der Waals surface area contributed by atoms with Gasteiger partial charge in [-0.1, -0.05) is 18.2 Å². The first-order valence-electron chi connectivity index (χ1n) is 4.08. The van der Waals surface area contributed by atoms with Gasteiger partial charge in [0.2, 0.25) is 0 Å². The van der Waals surface area contributed by atoms with Gasteiger partial charge in [-0.15, -0.1) is 0 Å². The third-order valence-corrected chi connectivity index (χ3v) is 1.81. The largest absolute Gasteiger partial charge is 0.330 e. The number of nitrogens with one attached hydrogen (secondary N) is 1. The maximum absolute atomic E-state index is 11.2. The molecule has 0 radical (unpaired) electrons. The number of nitrogen functional groups attached to an aromatic ring is 1. The second-order valence-corrected chi connectivity index (χ2v) is 2.67. The Hall–Kier alpha value is -1.39. The summed E-state index contributed by atoms with van der Waals surface area (Å²) >= 11 is 0. The Labute approximate surface area is 76.9 Å². The van der Waals surface area contributed by atoms with E-state index in [1.54, 1.807) is 12.1 Å². The van der Waals surface area contributed by atoms with Gasteiger partial charge in [0.15, 0.2) is 0 Å². The first-order valence-corrected chi connectivity index (χ1v) is 4.08. The van der Waals surface area contributed by atoms with Gasteiger partial charge in [-0.25, -0.2) is 5.84 Å². The Bertz CT molecular complexity index is 299. The van der Waals surface area contributed by atoms with Crippen molar-refractivity contribution in [1.82, 2.24) is 5.43 Å². The fraction of sp³-hybridized carbons (Fsp3) is 0.222. The molecular weight excluding hydrogens is 166 g/mol. The summed E-state index contributed by atoms with van der Waals surface area (Å²) in [6, 6.07) is 7.27. The molecule has 0 spiro atoms. The van der Waals surface area contributed by atoms with Crippen LogP contribution in [0.1, 0.15) is 15.9 Å². The van der Waals surface area contributed by atoms with Gasteiger partial charge in [-0.05, 0) is 24.6 Å². The molecule has 1 aromatic carbocycles. The van der Waals surface area contributed by atoms with Gasteiger partial charge in [0, 0.05) is 5.56 Å². The molecular formula is C9H13N3O. The lowest BCUT2D eigenvalue weighted by Crippen LogP contribution is -2.31. The van der Waals surface area contributed by atoms with Gasteiger partial charge in [0.05, 0.1) is 0 Å². The van der Waals surface area contributed by atoms with E-state index in [1.807, 2.05) is 12.1 Å². The lowest BCUT2D eigenvalue weighted by atomic mass is 10.0. The summed E-state index contributed by atoms with van der Waals surface area (Å²) in [6.45, 7) is 0.523. The van der Waals surface area contributed by atoms with Crippen LogP contribution in [0.4, 0.5) is 0 Å². The molecule has 13 heavy (non-hydrogen) atoms. The highest BCUT2D eigenvalue weighted by Gasteiger charge is 2.07. The van der Waals surface area contributed by atoms with Crippen LogP contribution in [0.5, 0.6) is 0 Å². The third kappa shape index (κ3) is 2.27. The Morgan fingerprint density at radius 1 is 1.38 bits per heavy atom. The minimum atomic E-state index is -0.274. The zero-order valence-corrected chi connectivity index (χ0v) is 7.29. The van der Waals surface area contributed by atoms with E-state index in [0.29, 0.717) is 18.5 Å². The molecule has 1 amide bonds. The summed E-state index contributed by atoms with van der Waals surface area (Å²) in [5.41, 5.74) is 9.03. The third-order valence-electron chi connectivity index (χ3n) is 1.81. The van der Waals surface area contributed by atoms with E-state index in [2.05, 4.69) is 5.43 Å². The van der Waals surface area contributed by atoms with E-state index >= 15 is 0 Å². The summed E-state index contributed by atoms with van der Waals surface area (Å²) in [5, 5.41) is 0. The quantitative estimate of drug-likeness (QED) is 0.341. The fourth-order valence-corrected chi connectivity index (χ4v) is 1.19. The Kier molecular flexibility index (Phi) is 3.42. The van der Waals surface area contributed by atoms with Crippen LogP contribution in [0.3, 0.4) is 0 Å². The van der Waals surface area contributed by atoms with Crippen molar-refractivity contribution < 1.29 is 4.79 Å². The van der Waals surface area contributed by atoms with E-state index < -0.39 is 0 Å². The zero-order valence-electron chi connectivity index (χ0n) is 7.29. The van der Waals surface area contributed by atoms with Crippen molar-refractivity contribution in [3.05, 3.63) is 35.4 Å². The molecule has 70 valence electrons. The van der Waals surface area contributed by atoms with Crippen LogP contribution in [0.2, 0.25) is 0 Å². The number of hydrogen-bond donors (Lipinski definition) is 3. The predicted octanol–water partition coefficient (Wildman–Crippen LogP) is -0.209. The summed E-state index contributed by atoms with van der Waals surface area (Å²) < 4.78 is 0. The second-order valence-electron chi connectivity index (χ2n) is 2.67. The topological polar surface area (TPSA) is 81.1 Å². The summed E-state index contributed by atoms with van der Waals surface area (Å²) in [5.74, 6) is 4.76. The van der Waals surface area contributed by atoms with Gasteiger partial charge in [-0.3, -0.25) is 10.2 Å². The van der Waals surface area contributed by atoms with E-state index in [1.165, 1.54) is 0 Å². The number of carbonyl (C=O) groups excluding carboxylic acids is 1. The van der Waals surface area contributed by atoms with Crippen LogP contribution >= 0.6 is 0 Å². The molecule has 0 aromatic heterocycles. The maximum atomic E-state index is 11.2. The van der Waals surface area contributed by atoms with E-state index in [0.717, 1.165) is 5.56 Å². The Morgan fingerprint density at radius 3 is 2.69 bits per heavy atom. The van der Waals surface area contributed by atoms with Crippen molar-refractivity contribution in [1.29, 1.82) is 0 Å². The first kappa shape index (κ1) is 9.70. The molecule has 1 rings (SSSR count).